The second-order valence-electron chi connectivity index (χ2n) is 5.60. The summed E-state index contributed by atoms with van der Waals surface area (Å²) in [4.78, 5) is 0. The van der Waals surface area contributed by atoms with Gasteiger partial charge in [0.15, 0.2) is 15.6 Å². The molecule has 0 aromatic heterocycles. The van der Waals surface area contributed by atoms with Crippen LogP contribution in [0.25, 0.3) is 0 Å². The third kappa shape index (κ3) is 2.90. The van der Waals surface area contributed by atoms with Crippen molar-refractivity contribution in [1.82, 2.24) is 0 Å². The zero-order chi connectivity index (χ0) is 14.1. The first-order chi connectivity index (χ1) is 9.60. The Kier molecular flexibility index (Phi) is 3.84. The van der Waals surface area contributed by atoms with Gasteiger partial charge in [0.05, 0.1) is 24.2 Å². The molecule has 4 nitrogen and oxygen atoms in total. The van der Waals surface area contributed by atoms with Crippen LogP contribution in [0.2, 0.25) is 0 Å². The van der Waals surface area contributed by atoms with E-state index in [1.807, 2.05) is 30.3 Å². The van der Waals surface area contributed by atoms with E-state index in [0.29, 0.717) is 38.9 Å². The topological polar surface area (TPSA) is 52.6 Å². The van der Waals surface area contributed by atoms with Crippen molar-refractivity contribution in [3.05, 3.63) is 35.9 Å². The van der Waals surface area contributed by atoms with Crippen LogP contribution in [-0.2, 0) is 25.1 Å². The summed E-state index contributed by atoms with van der Waals surface area (Å²) in [7, 11) is -3.09. The highest BCUT2D eigenvalue weighted by Gasteiger charge is 2.43. The molecule has 1 aliphatic carbocycles. The van der Waals surface area contributed by atoms with E-state index in [1.165, 1.54) is 0 Å². The first-order valence-electron chi connectivity index (χ1n) is 7.13. The second-order valence-corrected chi connectivity index (χ2v) is 7.88. The van der Waals surface area contributed by atoms with E-state index >= 15 is 0 Å². The van der Waals surface area contributed by atoms with Crippen LogP contribution < -0.4 is 0 Å². The van der Waals surface area contributed by atoms with Gasteiger partial charge in [0, 0.05) is 12.8 Å². The van der Waals surface area contributed by atoms with Crippen LogP contribution in [0.1, 0.15) is 31.2 Å². The summed E-state index contributed by atoms with van der Waals surface area (Å²) in [6.45, 7) is 1.25. The molecule has 0 atom stereocenters. The lowest BCUT2D eigenvalue weighted by Gasteiger charge is -2.35. The molecular formula is C15H20O4S. The highest BCUT2D eigenvalue weighted by molar-refractivity contribution is 7.91. The van der Waals surface area contributed by atoms with Crippen molar-refractivity contribution >= 4 is 9.84 Å². The molecule has 1 aromatic rings. The highest BCUT2D eigenvalue weighted by Crippen LogP contribution is 2.38. The summed E-state index contributed by atoms with van der Waals surface area (Å²) >= 11 is 0. The fraction of sp³-hybridized carbons (Fsp3) is 0.600. The van der Waals surface area contributed by atoms with Crippen molar-refractivity contribution < 1.29 is 17.9 Å². The minimum absolute atomic E-state index is 0.132. The van der Waals surface area contributed by atoms with Crippen LogP contribution in [0.5, 0.6) is 0 Å². The van der Waals surface area contributed by atoms with Gasteiger partial charge in [-0.05, 0) is 18.4 Å². The van der Waals surface area contributed by atoms with Gasteiger partial charge in [-0.1, -0.05) is 30.3 Å². The first kappa shape index (κ1) is 14.0. The van der Waals surface area contributed by atoms with Gasteiger partial charge in [-0.3, -0.25) is 0 Å². The average molecular weight is 296 g/mol. The Morgan fingerprint density at radius 3 is 2.25 bits per heavy atom. The lowest BCUT2D eigenvalue weighted by Crippen LogP contribution is -2.39. The molecule has 0 amide bonds. The van der Waals surface area contributed by atoms with E-state index in [-0.39, 0.29) is 11.0 Å². The van der Waals surface area contributed by atoms with E-state index in [2.05, 4.69) is 0 Å². The molecule has 1 heterocycles. The molecule has 1 saturated carbocycles. The lowest BCUT2D eigenvalue weighted by molar-refractivity contribution is -0.176. The standard InChI is InChI=1S/C15H20O4S/c16-20(17,12-13-4-2-1-3-5-13)14-6-8-15(9-7-14)18-10-11-19-15/h1-5,14H,6-12H2. The largest absolute Gasteiger partial charge is 0.348 e. The number of benzene rings is 1. The smallest absolute Gasteiger partial charge is 0.168 e. The molecule has 5 heteroatoms. The van der Waals surface area contributed by atoms with Crippen molar-refractivity contribution in [3.8, 4) is 0 Å². The molecule has 0 N–H and O–H groups in total. The first-order valence-corrected chi connectivity index (χ1v) is 8.85. The van der Waals surface area contributed by atoms with Gasteiger partial charge in [-0.15, -0.1) is 0 Å². The zero-order valence-corrected chi connectivity index (χ0v) is 12.3. The predicted octanol–water partition coefficient (Wildman–Crippen LogP) is 2.29. The van der Waals surface area contributed by atoms with Crippen molar-refractivity contribution in [1.29, 1.82) is 0 Å². The molecular weight excluding hydrogens is 276 g/mol. The minimum atomic E-state index is -3.09. The number of rotatable bonds is 3. The quantitative estimate of drug-likeness (QED) is 0.859. The van der Waals surface area contributed by atoms with Crippen LogP contribution in [-0.4, -0.2) is 32.7 Å². The predicted molar refractivity (Wildman–Crippen MR) is 76.0 cm³/mol. The molecule has 1 aromatic carbocycles. The summed E-state index contributed by atoms with van der Waals surface area (Å²) in [6, 6.07) is 9.38. The summed E-state index contributed by atoms with van der Waals surface area (Å²) in [6.07, 6.45) is 2.64. The van der Waals surface area contributed by atoms with Gasteiger partial charge >= 0.3 is 0 Å². The Bertz CT molecular complexity index is 536. The molecule has 1 spiro atoms. The van der Waals surface area contributed by atoms with Crippen LogP contribution in [0.4, 0.5) is 0 Å². The van der Waals surface area contributed by atoms with E-state index in [1.54, 1.807) is 0 Å². The molecule has 20 heavy (non-hydrogen) atoms. The Balaban J connectivity index is 1.64. The molecule has 1 saturated heterocycles. The van der Waals surface area contributed by atoms with E-state index in [9.17, 15) is 8.42 Å². The van der Waals surface area contributed by atoms with Crippen molar-refractivity contribution in [2.24, 2.45) is 0 Å². The van der Waals surface area contributed by atoms with Gasteiger partial charge in [0.2, 0.25) is 0 Å². The monoisotopic (exact) mass is 296 g/mol. The normalized spacial score (nSPS) is 23.2. The van der Waals surface area contributed by atoms with Crippen molar-refractivity contribution in [3.63, 3.8) is 0 Å². The maximum absolute atomic E-state index is 12.5. The average Bonchev–Trinajstić information content (AvgIpc) is 2.88. The summed E-state index contributed by atoms with van der Waals surface area (Å²) < 4.78 is 36.2. The Hall–Kier alpha value is -0.910. The second kappa shape index (κ2) is 5.47. The molecule has 3 rings (SSSR count). The Morgan fingerprint density at radius 1 is 1.05 bits per heavy atom. The van der Waals surface area contributed by atoms with Crippen molar-refractivity contribution in [2.45, 2.75) is 42.5 Å². The van der Waals surface area contributed by atoms with Gasteiger partial charge < -0.3 is 9.47 Å². The lowest BCUT2D eigenvalue weighted by atomic mass is 9.94. The van der Waals surface area contributed by atoms with Gasteiger partial charge in [0.1, 0.15) is 0 Å². The summed E-state index contributed by atoms with van der Waals surface area (Å²) in [5.41, 5.74) is 0.862. The maximum Gasteiger partial charge on any atom is 0.168 e. The van der Waals surface area contributed by atoms with Gasteiger partial charge in [0.25, 0.3) is 0 Å². The Morgan fingerprint density at radius 2 is 1.65 bits per heavy atom. The van der Waals surface area contributed by atoms with Crippen LogP contribution in [0, 0.1) is 0 Å². The number of sulfone groups is 1. The minimum Gasteiger partial charge on any atom is -0.348 e. The van der Waals surface area contributed by atoms with Crippen LogP contribution in [0.15, 0.2) is 30.3 Å². The van der Waals surface area contributed by atoms with E-state index in [4.69, 9.17) is 9.47 Å². The molecule has 2 fully saturated rings. The number of hydrogen-bond donors (Lipinski definition) is 0. The van der Waals surface area contributed by atoms with Crippen LogP contribution in [0.3, 0.4) is 0 Å². The summed E-state index contributed by atoms with van der Waals surface area (Å²) in [5.74, 6) is -0.355. The maximum atomic E-state index is 12.5. The van der Waals surface area contributed by atoms with E-state index in [0.717, 1.165) is 5.56 Å². The molecule has 2 aliphatic rings. The molecule has 0 unspecified atom stereocenters. The van der Waals surface area contributed by atoms with E-state index < -0.39 is 15.6 Å². The Labute approximate surface area is 120 Å². The number of ether oxygens (including phenoxy) is 2. The van der Waals surface area contributed by atoms with Crippen LogP contribution >= 0.6 is 0 Å². The van der Waals surface area contributed by atoms with Gasteiger partial charge in [-0.2, -0.15) is 0 Å². The summed E-state index contributed by atoms with van der Waals surface area (Å²) in [5, 5.41) is -0.263. The fourth-order valence-corrected chi connectivity index (χ4v) is 4.95. The third-order valence-corrected chi connectivity index (χ3v) is 6.45. The fourth-order valence-electron chi connectivity index (χ4n) is 3.10. The highest BCUT2D eigenvalue weighted by atomic mass is 32.2. The third-order valence-electron chi connectivity index (χ3n) is 4.23. The molecule has 1 aliphatic heterocycles. The van der Waals surface area contributed by atoms with Crippen molar-refractivity contribution in [2.75, 3.05) is 13.2 Å². The SMILES string of the molecule is O=S(=O)(Cc1ccccc1)C1CCC2(CC1)OCCO2. The molecule has 0 radical (unpaired) electrons. The molecule has 0 bridgehead atoms. The van der Waals surface area contributed by atoms with Gasteiger partial charge in [-0.25, -0.2) is 8.42 Å². The molecule has 110 valence electrons. The zero-order valence-electron chi connectivity index (χ0n) is 11.5. The number of hydrogen-bond acceptors (Lipinski definition) is 4.